The predicted molar refractivity (Wildman–Crippen MR) is 96.0 cm³/mol. The maximum Gasteiger partial charge on any atom is 0.255 e. The summed E-state index contributed by atoms with van der Waals surface area (Å²) < 4.78 is 1.01. The third-order valence-corrected chi connectivity index (χ3v) is 4.63. The van der Waals surface area contributed by atoms with Gasteiger partial charge in [0.05, 0.1) is 5.56 Å². The van der Waals surface area contributed by atoms with Crippen LogP contribution in [0.5, 0.6) is 0 Å². The number of nitrogens with one attached hydrogen (secondary N) is 2. The van der Waals surface area contributed by atoms with Crippen molar-refractivity contribution < 1.29 is 4.79 Å². The van der Waals surface area contributed by atoms with Crippen LogP contribution in [0.2, 0.25) is 0 Å². The Kier molecular flexibility index (Phi) is 5.28. The van der Waals surface area contributed by atoms with Crippen LogP contribution in [0.15, 0.2) is 47.1 Å². The zero-order valence-electron chi connectivity index (χ0n) is 12.9. The van der Waals surface area contributed by atoms with Crippen LogP contribution in [0, 0.1) is 0 Å². The van der Waals surface area contributed by atoms with E-state index in [-0.39, 0.29) is 11.9 Å². The Morgan fingerprint density at radius 3 is 2.57 bits per heavy atom. The summed E-state index contributed by atoms with van der Waals surface area (Å²) in [5.74, 6) is 0.535. The van der Waals surface area contributed by atoms with E-state index in [0.717, 1.165) is 23.0 Å². The number of benzene rings is 1. The van der Waals surface area contributed by atoms with Crippen LogP contribution in [0.1, 0.15) is 42.5 Å². The second-order valence-corrected chi connectivity index (χ2v) is 6.76. The van der Waals surface area contributed by atoms with E-state index in [2.05, 4.69) is 31.5 Å². The van der Waals surface area contributed by atoms with Crippen molar-refractivity contribution in [3.63, 3.8) is 0 Å². The van der Waals surface area contributed by atoms with Crippen molar-refractivity contribution in [2.75, 3.05) is 5.32 Å². The number of anilines is 2. The monoisotopic (exact) mass is 373 g/mol. The van der Waals surface area contributed by atoms with Gasteiger partial charge in [-0.1, -0.05) is 35.2 Å². The molecule has 1 aromatic carbocycles. The Hall–Kier alpha value is -1.88. The number of carbonyl (C=O) groups is 1. The first kappa shape index (κ1) is 16.0. The molecule has 1 aliphatic rings. The smallest absolute Gasteiger partial charge is 0.255 e. The van der Waals surface area contributed by atoms with Gasteiger partial charge in [-0.15, -0.1) is 0 Å². The second-order valence-electron chi connectivity index (χ2n) is 5.84. The first-order valence-electron chi connectivity index (χ1n) is 8.01. The minimum absolute atomic E-state index is 0.0513. The number of carbonyl (C=O) groups excluding carboxylic acids is 1. The highest BCUT2D eigenvalue weighted by Crippen LogP contribution is 2.22. The lowest BCUT2D eigenvalue weighted by atomic mass is 9.95. The Balaban J connectivity index is 1.74. The largest absolute Gasteiger partial charge is 0.349 e. The van der Waals surface area contributed by atoms with Crippen LogP contribution in [0.3, 0.4) is 0 Å². The number of amides is 1. The minimum atomic E-state index is -0.0513. The summed E-state index contributed by atoms with van der Waals surface area (Å²) in [6.07, 6.45) is 7.50. The topological polar surface area (TPSA) is 54.0 Å². The fraction of sp³-hybridized carbons (Fsp3) is 0.333. The zero-order valence-corrected chi connectivity index (χ0v) is 14.5. The first-order chi connectivity index (χ1) is 11.2. The van der Waals surface area contributed by atoms with Gasteiger partial charge in [0.1, 0.15) is 5.82 Å². The maximum atomic E-state index is 12.6. The summed E-state index contributed by atoms with van der Waals surface area (Å²) in [7, 11) is 0. The van der Waals surface area contributed by atoms with Gasteiger partial charge in [0.2, 0.25) is 0 Å². The Labute approximate surface area is 144 Å². The first-order valence-corrected chi connectivity index (χ1v) is 8.80. The Morgan fingerprint density at radius 2 is 1.83 bits per heavy atom. The van der Waals surface area contributed by atoms with Crippen LogP contribution in [-0.4, -0.2) is 16.9 Å². The van der Waals surface area contributed by atoms with Crippen molar-refractivity contribution in [1.29, 1.82) is 0 Å². The molecule has 1 amide bonds. The molecule has 0 saturated heterocycles. The van der Waals surface area contributed by atoms with Crippen molar-refractivity contribution in [1.82, 2.24) is 10.3 Å². The molecule has 1 saturated carbocycles. The number of halogens is 1. The molecule has 1 heterocycles. The molecule has 0 atom stereocenters. The van der Waals surface area contributed by atoms with Gasteiger partial charge < -0.3 is 10.6 Å². The number of pyridine rings is 1. The number of nitrogens with zero attached hydrogens (tertiary/aromatic N) is 1. The van der Waals surface area contributed by atoms with E-state index in [9.17, 15) is 4.79 Å². The maximum absolute atomic E-state index is 12.6. The second kappa shape index (κ2) is 7.59. The van der Waals surface area contributed by atoms with Crippen molar-refractivity contribution in [3.8, 4) is 0 Å². The molecule has 23 heavy (non-hydrogen) atoms. The Morgan fingerprint density at radius 1 is 1.09 bits per heavy atom. The molecular weight excluding hydrogens is 354 g/mol. The summed E-state index contributed by atoms with van der Waals surface area (Å²) >= 11 is 3.42. The molecule has 5 heteroatoms. The lowest BCUT2D eigenvalue weighted by Gasteiger charge is -2.23. The summed E-state index contributed by atoms with van der Waals surface area (Å²) in [5, 5.41) is 6.37. The van der Waals surface area contributed by atoms with Crippen molar-refractivity contribution in [3.05, 3.63) is 52.6 Å². The van der Waals surface area contributed by atoms with Crippen LogP contribution in [-0.2, 0) is 0 Å². The van der Waals surface area contributed by atoms with Gasteiger partial charge in [-0.25, -0.2) is 4.98 Å². The van der Waals surface area contributed by atoms with E-state index in [1.54, 1.807) is 12.3 Å². The fourth-order valence-electron chi connectivity index (χ4n) is 2.87. The normalized spacial score (nSPS) is 15.2. The van der Waals surface area contributed by atoms with Crippen LogP contribution in [0.25, 0.3) is 0 Å². The number of rotatable bonds is 4. The molecule has 1 aliphatic carbocycles. The predicted octanol–water partition coefficient (Wildman–Crippen LogP) is 4.65. The van der Waals surface area contributed by atoms with Gasteiger partial charge in [-0.2, -0.15) is 0 Å². The summed E-state index contributed by atoms with van der Waals surface area (Å²) in [6, 6.07) is 11.7. The molecule has 0 unspecified atom stereocenters. The SMILES string of the molecule is O=C(NC1CCCCC1)c1cccnc1Nc1ccc(Br)cc1. The van der Waals surface area contributed by atoms with Gasteiger partial charge in [0.15, 0.2) is 0 Å². The molecule has 2 aromatic rings. The quantitative estimate of drug-likeness (QED) is 0.819. The molecule has 1 fully saturated rings. The lowest BCUT2D eigenvalue weighted by Crippen LogP contribution is -2.36. The molecule has 120 valence electrons. The van der Waals surface area contributed by atoms with E-state index in [4.69, 9.17) is 0 Å². The highest BCUT2D eigenvalue weighted by molar-refractivity contribution is 9.10. The average molecular weight is 374 g/mol. The minimum Gasteiger partial charge on any atom is -0.349 e. The van der Waals surface area contributed by atoms with E-state index >= 15 is 0 Å². The molecule has 2 N–H and O–H groups in total. The molecule has 4 nitrogen and oxygen atoms in total. The number of hydrogen-bond donors (Lipinski definition) is 2. The van der Waals surface area contributed by atoms with E-state index in [0.29, 0.717) is 11.4 Å². The highest BCUT2D eigenvalue weighted by Gasteiger charge is 2.19. The van der Waals surface area contributed by atoms with Crippen molar-refractivity contribution >= 4 is 33.3 Å². The summed E-state index contributed by atoms with van der Waals surface area (Å²) in [5.41, 5.74) is 1.49. The molecule has 3 rings (SSSR count). The molecule has 0 radical (unpaired) electrons. The van der Waals surface area contributed by atoms with Crippen LogP contribution < -0.4 is 10.6 Å². The standard InChI is InChI=1S/C18H20BrN3O/c19-13-8-10-15(11-9-13)21-17-16(7-4-12-20-17)18(23)22-14-5-2-1-3-6-14/h4,7-12,14H,1-3,5-6H2,(H,20,21)(H,22,23). The molecule has 1 aromatic heterocycles. The highest BCUT2D eigenvalue weighted by atomic mass is 79.9. The van der Waals surface area contributed by atoms with Crippen molar-refractivity contribution in [2.45, 2.75) is 38.1 Å². The fourth-order valence-corrected chi connectivity index (χ4v) is 3.13. The molecule has 0 bridgehead atoms. The summed E-state index contributed by atoms with van der Waals surface area (Å²) in [6.45, 7) is 0. The van der Waals surface area contributed by atoms with Gasteiger partial charge in [0, 0.05) is 22.4 Å². The molecule has 0 spiro atoms. The van der Waals surface area contributed by atoms with Crippen LogP contribution in [0.4, 0.5) is 11.5 Å². The number of hydrogen-bond acceptors (Lipinski definition) is 3. The Bertz CT molecular complexity index is 666. The van der Waals surface area contributed by atoms with Crippen molar-refractivity contribution in [2.24, 2.45) is 0 Å². The lowest BCUT2D eigenvalue weighted by molar-refractivity contribution is 0.0928. The van der Waals surface area contributed by atoms with Gasteiger partial charge >= 0.3 is 0 Å². The molecule has 0 aliphatic heterocycles. The zero-order chi connectivity index (χ0) is 16.1. The van der Waals surface area contributed by atoms with Crippen LogP contribution >= 0.6 is 15.9 Å². The van der Waals surface area contributed by atoms with Gasteiger partial charge in [0.25, 0.3) is 5.91 Å². The van der Waals surface area contributed by atoms with Gasteiger partial charge in [-0.05, 0) is 49.2 Å². The average Bonchev–Trinajstić information content (AvgIpc) is 2.58. The van der Waals surface area contributed by atoms with Gasteiger partial charge in [-0.3, -0.25) is 4.79 Å². The molecular formula is C18H20BrN3O. The summed E-state index contributed by atoms with van der Waals surface area (Å²) in [4.78, 5) is 16.9. The van der Waals surface area contributed by atoms with E-state index < -0.39 is 0 Å². The third-order valence-electron chi connectivity index (χ3n) is 4.10. The third kappa shape index (κ3) is 4.32. The van der Waals surface area contributed by atoms with E-state index in [1.165, 1.54) is 19.3 Å². The number of aromatic nitrogens is 1. The van der Waals surface area contributed by atoms with E-state index in [1.807, 2.05) is 30.3 Å².